The maximum Gasteiger partial charge on any atom is 0.314 e. The number of piperidine rings is 1. The molecule has 1 aliphatic rings. The van der Waals surface area contributed by atoms with Gasteiger partial charge in [-0.25, -0.2) is 9.37 Å². The van der Waals surface area contributed by atoms with E-state index in [1.165, 1.54) is 6.07 Å². The van der Waals surface area contributed by atoms with Gasteiger partial charge in [0.25, 0.3) is 0 Å². The zero-order valence-electron chi connectivity index (χ0n) is 15.4. The summed E-state index contributed by atoms with van der Waals surface area (Å²) in [5.41, 5.74) is -0.462. The monoisotopic (exact) mass is 373 g/mol. The van der Waals surface area contributed by atoms with Gasteiger partial charge in [-0.05, 0) is 37.8 Å². The van der Waals surface area contributed by atoms with E-state index in [2.05, 4.69) is 4.98 Å². The lowest BCUT2D eigenvalue weighted by molar-refractivity contribution is -0.161. The quantitative estimate of drug-likeness (QED) is 0.730. The van der Waals surface area contributed by atoms with Gasteiger partial charge in [0.05, 0.1) is 18.3 Å². The van der Waals surface area contributed by atoms with Crippen LogP contribution in [0.4, 0.5) is 4.39 Å². The number of hydrogen-bond acceptors (Lipinski definition) is 4. The summed E-state index contributed by atoms with van der Waals surface area (Å²) >= 11 is 0. The van der Waals surface area contributed by atoms with Crippen LogP contribution in [0.25, 0.3) is 0 Å². The first-order chi connectivity index (χ1) is 13.0. The van der Waals surface area contributed by atoms with Gasteiger partial charge in [-0.3, -0.25) is 9.59 Å². The van der Waals surface area contributed by atoms with Gasteiger partial charge in [-0.2, -0.15) is 0 Å². The minimum Gasteiger partial charge on any atom is -0.466 e. The topological polar surface area (TPSA) is 64.4 Å². The van der Waals surface area contributed by atoms with Gasteiger partial charge in [0.1, 0.15) is 12.4 Å². The zero-order valence-corrected chi connectivity index (χ0v) is 15.4. The highest BCUT2D eigenvalue weighted by Crippen LogP contribution is 2.36. The molecule has 0 unspecified atom stereocenters. The molecule has 3 rings (SSSR count). The number of aromatic nitrogens is 2. The van der Waals surface area contributed by atoms with Gasteiger partial charge >= 0.3 is 5.97 Å². The number of benzene rings is 1. The Labute approximate surface area is 157 Å². The molecule has 1 atom stereocenters. The standard InChI is InChI=1S/C20H24FN3O3/c1-2-27-19(26)20(12-16-6-3-4-7-17(16)21)8-5-10-24(14-20)18(25)13-23-11-9-22-15-23/h3-4,6-7,9,11,15H,2,5,8,10,12-14H2,1H3/t20-/m1/s1. The number of carbonyl (C=O) groups is 2. The van der Waals surface area contributed by atoms with Gasteiger partial charge < -0.3 is 14.2 Å². The Kier molecular flexibility index (Phi) is 5.88. The average molecular weight is 373 g/mol. The molecule has 2 aromatic rings. The lowest BCUT2D eigenvalue weighted by Crippen LogP contribution is -2.52. The highest BCUT2D eigenvalue weighted by Gasteiger charge is 2.45. The van der Waals surface area contributed by atoms with Crippen molar-refractivity contribution in [3.8, 4) is 0 Å². The fourth-order valence-electron chi connectivity index (χ4n) is 3.65. The number of likely N-dealkylation sites (tertiary alicyclic amines) is 1. The van der Waals surface area contributed by atoms with Crippen LogP contribution >= 0.6 is 0 Å². The third-order valence-electron chi connectivity index (χ3n) is 5.00. The van der Waals surface area contributed by atoms with Gasteiger partial charge in [0, 0.05) is 25.5 Å². The third kappa shape index (κ3) is 4.35. The van der Waals surface area contributed by atoms with Crippen LogP contribution in [0.15, 0.2) is 43.0 Å². The van der Waals surface area contributed by atoms with Crippen molar-refractivity contribution in [1.82, 2.24) is 14.5 Å². The number of rotatable bonds is 6. The van der Waals surface area contributed by atoms with Crippen LogP contribution < -0.4 is 0 Å². The van der Waals surface area contributed by atoms with Crippen LogP contribution in [0.1, 0.15) is 25.3 Å². The molecule has 1 aliphatic heterocycles. The average Bonchev–Trinajstić information content (AvgIpc) is 3.17. The van der Waals surface area contributed by atoms with Gasteiger partial charge in [0.15, 0.2) is 0 Å². The predicted octanol–water partition coefficient (Wildman–Crippen LogP) is 2.44. The van der Waals surface area contributed by atoms with Crippen LogP contribution in [0, 0.1) is 11.2 Å². The number of carbonyl (C=O) groups excluding carboxylic acids is 2. The second kappa shape index (κ2) is 8.33. The van der Waals surface area contributed by atoms with E-state index in [1.807, 2.05) is 0 Å². The number of ether oxygens (including phenoxy) is 1. The minimum atomic E-state index is -0.930. The fourth-order valence-corrected chi connectivity index (χ4v) is 3.65. The maximum absolute atomic E-state index is 14.2. The Morgan fingerprint density at radius 1 is 1.33 bits per heavy atom. The number of hydrogen-bond donors (Lipinski definition) is 0. The molecule has 1 aromatic heterocycles. The van der Waals surface area contributed by atoms with Crippen molar-refractivity contribution >= 4 is 11.9 Å². The van der Waals surface area contributed by atoms with Crippen molar-refractivity contribution in [2.24, 2.45) is 5.41 Å². The largest absolute Gasteiger partial charge is 0.466 e. The number of imidazole rings is 1. The third-order valence-corrected chi connectivity index (χ3v) is 5.00. The Bertz CT molecular complexity index is 794. The second-order valence-electron chi connectivity index (χ2n) is 6.92. The summed E-state index contributed by atoms with van der Waals surface area (Å²) in [5.74, 6) is -0.800. The van der Waals surface area contributed by atoms with Gasteiger partial charge in [-0.1, -0.05) is 18.2 Å². The van der Waals surface area contributed by atoms with E-state index in [0.29, 0.717) is 24.9 Å². The molecular weight excluding hydrogens is 349 g/mol. The van der Waals surface area contributed by atoms with E-state index in [4.69, 9.17) is 4.74 Å². The molecule has 144 valence electrons. The molecule has 0 saturated carbocycles. The van der Waals surface area contributed by atoms with E-state index in [0.717, 1.165) is 0 Å². The second-order valence-corrected chi connectivity index (χ2v) is 6.92. The molecule has 1 saturated heterocycles. The van der Waals surface area contributed by atoms with Crippen LogP contribution in [0.5, 0.6) is 0 Å². The van der Waals surface area contributed by atoms with Crippen LogP contribution in [-0.2, 0) is 27.3 Å². The first-order valence-electron chi connectivity index (χ1n) is 9.18. The molecule has 7 heteroatoms. The summed E-state index contributed by atoms with van der Waals surface area (Å²) in [5, 5.41) is 0. The van der Waals surface area contributed by atoms with Crippen LogP contribution in [-0.4, -0.2) is 46.0 Å². The van der Waals surface area contributed by atoms with Crippen molar-refractivity contribution < 1.29 is 18.7 Å². The van der Waals surface area contributed by atoms with E-state index in [-0.39, 0.29) is 43.8 Å². The number of nitrogens with zero attached hydrogens (tertiary/aromatic N) is 3. The van der Waals surface area contributed by atoms with E-state index >= 15 is 0 Å². The lowest BCUT2D eigenvalue weighted by Gasteiger charge is -2.41. The fraction of sp³-hybridized carbons (Fsp3) is 0.450. The Morgan fingerprint density at radius 3 is 2.85 bits per heavy atom. The molecule has 2 heterocycles. The Hall–Kier alpha value is -2.70. The summed E-state index contributed by atoms with van der Waals surface area (Å²) in [4.78, 5) is 31.2. The molecule has 6 nitrogen and oxygen atoms in total. The normalized spacial score (nSPS) is 19.7. The summed E-state index contributed by atoms with van der Waals surface area (Å²) < 4.78 is 21.2. The van der Waals surface area contributed by atoms with Crippen LogP contribution in [0.3, 0.4) is 0 Å². The minimum absolute atomic E-state index is 0.0880. The molecule has 0 N–H and O–H groups in total. The smallest absolute Gasteiger partial charge is 0.314 e. The van der Waals surface area contributed by atoms with E-state index in [9.17, 15) is 14.0 Å². The summed E-state index contributed by atoms with van der Waals surface area (Å²) in [7, 11) is 0. The lowest BCUT2D eigenvalue weighted by atomic mass is 9.75. The van der Waals surface area contributed by atoms with Crippen molar-refractivity contribution in [1.29, 1.82) is 0 Å². The van der Waals surface area contributed by atoms with Gasteiger partial charge in [0.2, 0.25) is 5.91 Å². The van der Waals surface area contributed by atoms with Crippen LogP contribution in [0.2, 0.25) is 0 Å². The zero-order chi connectivity index (χ0) is 19.3. The molecule has 1 fully saturated rings. The first-order valence-corrected chi connectivity index (χ1v) is 9.18. The molecule has 1 aromatic carbocycles. The first kappa shape index (κ1) is 19.1. The van der Waals surface area contributed by atoms with Crippen molar-refractivity contribution in [3.63, 3.8) is 0 Å². The summed E-state index contributed by atoms with van der Waals surface area (Å²) in [6.07, 6.45) is 6.37. The maximum atomic E-state index is 14.2. The number of halogens is 1. The molecule has 1 amide bonds. The van der Waals surface area contributed by atoms with Gasteiger partial charge in [-0.15, -0.1) is 0 Å². The predicted molar refractivity (Wildman–Crippen MR) is 97.2 cm³/mol. The summed E-state index contributed by atoms with van der Waals surface area (Å²) in [6.45, 7) is 2.97. The Morgan fingerprint density at radius 2 is 2.15 bits per heavy atom. The molecule has 0 spiro atoms. The molecule has 0 aliphatic carbocycles. The highest BCUT2D eigenvalue weighted by atomic mass is 19.1. The molecule has 0 radical (unpaired) electrons. The van der Waals surface area contributed by atoms with E-state index in [1.54, 1.807) is 53.3 Å². The summed E-state index contributed by atoms with van der Waals surface area (Å²) in [6, 6.07) is 6.45. The molecular formula is C20H24FN3O3. The molecule has 0 bridgehead atoms. The highest BCUT2D eigenvalue weighted by molar-refractivity contribution is 5.81. The van der Waals surface area contributed by atoms with Crippen molar-refractivity contribution in [2.75, 3.05) is 19.7 Å². The number of amides is 1. The Balaban J connectivity index is 1.82. The van der Waals surface area contributed by atoms with Crippen molar-refractivity contribution in [2.45, 2.75) is 32.7 Å². The van der Waals surface area contributed by atoms with Crippen molar-refractivity contribution in [3.05, 3.63) is 54.4 Å². The number of esters is 1. The molecule has 27 heavy (non-hydrogen) atoms. The van der Waals surface area contributed by atoms with E-state index < -0.39 is 5.41 Å². The SMILES string of the molecule is CCOC(=O)[C@@]1(Cc2ccccc2F)CCCN(C(=O)Cn2ccnc2)C1.